The summed E-state index contributed by atoms with van der Waals surface area (Å²) >= 11 is 7.27. The summed E-state index contributed by atoms with van der Waals surface area (Å²) in [5.41, 5.74) is 1.44. The number of nitrogens with zero attached hydrogens (tertiary/aromatic N) is 1. The van der Waals surface area contributed by atoms with Gasteiger partial charge >= 0.3 is 0 Å². The summed E-state index contributed by atoms with van der Waals surface area (Å²) in [6, 6.07) is 11.6. The number of thiazole rings is 1. The van der Waals surface area contributed by atoms with E-state index in [1.165, 1.54) is 17.4 Å². The number of ether oxygens (including phenoxy) is 1. The summed E-state index contributed by atoms with van der Waals surface area (Å²) in [6.07, 6.45) is -6.40. The fourth-order valence-corrected chi connectivity index (χ4v) is 4.49. The largest absolute Gasteiger partial charge is 0.394 e. The van der Waals surface area contributed by atoms with Gasteiger partial charge in [-0.25, -0.2) is 4.98 Å². The first-order valence-electron chi connectivity index (χ1n) is 9.15. The molecule has 1 aliphatic rings. The van der Waals surface area contributed by atoms with Crippen LogP contribution in [0.1, 0.15) is 22.0 Å². The normalized spacial score (nSPS) is 26.6. The molecule has 1 amide bonds. The Kier molecular flexibility index (Phi) is 6.03. The molecule has 0 spiro atoms. The van der Waals surface area contributed by atoms with Gasteiger partial charge in [-0.15, -0.1) is 0 Å². The highest BCUT2D eigenvalue weighted by molar-refractivity contribution is 7.22. The standard InChI is InChI=1S/C20H19ClN2O6S/c21-11-4-5-12-14(7-11)30-20(22-12)23-19(28)10-3-1-2-9(6-10)18-17(27)16(26)15(25)13(8-24)29-18/h1-7,13,15-18,24-27H,8H2,(H,22,23,28)/t13-,15-,16+,17-,18-/m1/s1. The molecule has 2 heterocycles. The SMILES string of the molecule is O=C(Nc1nc2ccc(Cl)cc2s1)c1cccc([C@H]2O[C@H](CO)[C@@H](O)[C@H](O)[C@H]2O)c1. The Bertz CT molecular complexity index is 1070. The Hall–Kier alpha value is -2.11. The molecule has 0 aliphatic carbocycles. The van der Waals surface area contributed by atoms with E-state index in [1.54, 1.807) is 36.4 Å². The molecule has 158 valence electrons. The lowest BCUT2D eigenvalue weighted by Gasteiger charge is -2.40. The van der Waals surface area contributed by atoms with Gasteiger partial charge in [-0.05, 0) is 35.9 Å². The van der Waals surface area contributed by atoms with E-state index in [2.05, 4.69) is 10.3 Å². The van der Waals surface area contributed by atoms with Gasteiger partial charge in [0, 0.05) is 10.6 Å². The van der Waals surface area contributed by atoms with E-state index in [-0.39, 0.29) is 0 Å². The highest BCUT2D eigenvalue weighted by atomic mass is 35.5. The summed E-state index contributed by atoms with van der Waals surface area (Å²) in [4.78, 5) is 17.1. The quantitative estimate of drug-likeness (QED) is 0.409. The van der Waals surface area contributed by atoms with Gasteiger partial charge < -0.3 is 25.2 Å². The average molecular weight is 451 g/mol. The third-order valence-corrected chi connectivity index (χ3v) is 6.11. The highest BCUT2D eigenvalue weighted by Gasteiger charge is 2.44. The van der Waals surface area contributed by atoms with Crippen molar-refractivity contribution in [3.63, 3.8) is 0 Å². The number of fused-ring (bicyclic) bond motifs is 1. The third kappa shape index (κ3) is 4.06. The Morgan fingerprint density at radius 2 is 1.93 bits per heavy atom. The summed E-state index contributed by atoms with van der Waals surface area (Å²) < 4.78 is 6.40. The second-order valence-corrected chi connectivity index (χ2v) is 8.43. The molecular weight excluding hydrogens is 432 g/mol. The van der Waals surface area contributed by atoms with Crippen molar-refractivity contribution in [2.45, 2.75) is 30.5 Å². The van der Waals surface area contributed by atoms with Crippen LogP contribution in [0.3, 0.4) is 0 Å². The zero-order valence-corrected chi connectivity index (χ0v) is 17.0. The van der Waals surface area contributed by atoms with Crippen LogP contribution in [0.15, 0.2) is 42.5 Å². The van der Waals surface area contributed by atoms with Crippen molar-refractivity contribution in [1.82, 2.24) is 4.98 Å². The van der Waals surface area contributed by atoms with Gasteiger partial charge in [0.05, 0.1) is 16.8 Å². The van der Waals surface area contributed by atoms with Crippen molar-refractivity contribution >= 4 is 44.2 Å². The van der Waals surface area contributed by atoms with E-state index in [0.717, 1.165) is 10.2 Å². The molecule has 5 atom stereocenters. The predicted octanol–water partition coefficient (Wildman–Crippen LogP) is 1.72. The van der Waals surface area contributed by atoms with Crippen molar-refractivity contribution in [3.8, 4) is 0 Å². The molecule has 10 heteroatoms. The first-order valence-corrected chi connectivity index (χ1v) is 10.3. The van der Waals surface area contributed by atoms with E-state index in [0.29, 0.717) is 21.3 Å². The van der Waals surface area contributed by atoms with Gasteiger partial charge in [-0.3, -0.25) is 10.1 Å². The van der Waals surface area contributed by atoms with Gasteiger partial charge in [0.1, 0.15) is 30.5 Å². The molecule has 3 aromatic rings. The van der Waals surface area contributed by atoms with Crippen molar-refractivity contribution in [2.75, 3.05) is 11.9 Å². The first kappa shape index (κ1) is 21.1. The van der Waals surface area contributed by atoms with Crippen LogP contribution in [0, 0.1) is 0 Å². The number of anilines is 1. The molecule has 0 radical (unpaired) electrons. The number of amides is 1. The maximum absolute atomic E-state index is 12.7. The number of aromatic nitrogens is 1. The molecule has 1 fully saturated rings. The molecule has 1 saturated heterocycles. The van der Waals surface area contributed by atoms with Crippen LogP contribution in [0.5, 0.6) is 0 Å². The lowest BCUT2D eigenvalue weighted by atomic mass is 9.90. The molecule has 0 saturated carbocycles. The zero-order chi connectivity index (χ0) is 21.4. The van der Waals surface area contributed by atoms with E-state index in [4.69, 9.17) is 16.3 Å². The molecule has 1 aromatic heterocycles. The second kappa shape index (κ2) is 8.56. The number of benzene rings is 2. The topological polar surface area (TPSA) is 132 Å². The molecule has 2 aromatic carbocycles. The number of hydrogen-bond donors (Lipinski definition) is 5. The molecule has 0 unspecified atom stereocenters. The predicted molar refractivity (Wildman–Crippen MR) is 112 cm³/mol. The Morgan fingerprint density at radius 3 is 2.70 bits per heavy atom. The van der Waals surface area contributed by atoms with Crippen molar-refractivity contribution in [2.24, 2.45) is 0 Å². The first-order chi connectivity index (χ1) is 14.4. The smallest absolute Gasteiger partial charge is 0.257 e. The lowest BCUT2D eigenvalue weighted by Crippen LogP contribution is -2.55. The van der Waals surface area contributed by atoms with Gasteiger partial charge in [-0.1, -0.05) is 35.1 Å². The molecular formula is C20H19ClN2O6S. The maximum Gasteiger partial charge on any atom is 0.257 e. The number of halogens is 1. The number of hydrogen-bond acceptors (Lipinski definition) is 8. The van der Waals surface area contributed by atoms with Crippen LogP contribution < -0.4 is 5.32 Å². The number of rotatable bonds is 4. The van der Waals surface area contributed by atoms with E-state index >= 15 is 0 Å². The van der Waals surface area contributed by atoms with Crippen LogP contribution >= 0.6 is 22.9 Å². The number of aliphatic hydroxyl groups excluding tert-OH is 4. The lowest BCUT2D eigenvalue weighted by molar-refractivity contribution is -0.231. The molecule has 0 bridgehead atoms. The Labute approximate surface area is 180 Å². The number of aliphatic hydroxyl groups is 4. The summed E-state index contributed by atoms with van der Waals surface area (Å²) in [5.74, 6) is -0.411. The molecule has 1 aliphatic heterocycles. The summed E-state index contributed by atoms with van der Waals surface area (Å²) in [5, 5.41) is 43.3. The third-order valence-electron chi connectivity index (χ3n) is 4.94. The van der Waals surface area contributed by atoms with Crippen LogP contribution in [0.2, 0.25) is 5.02 Å². The Morgan fingerprint density at radius 1 is 1.13 bits per heavy atom. The molecule has 5 N–H and O–H groups in total. The number of nitrogens with one attached hydrogen (secondary N) is 1. The Balaban J connectivity index is 1.55. The monoisotopic (exact) mass is 450 g/mol. The molecule has 8 nitrogen and oxygen atoms in total. The fourth-order valence-electron chi connectivity index (χ4n) is 3.36. The van der Waals surface area contributed by atoms with E-state index in [1.807, 2.05) is 0 Å². The molecule has 4 rings (SSSR count). The van der Waals surface area contributed by atoms with Crippen molar-refractivity contribution in [3.05, 3.63) is 58.6 Å². The maximum atomic E-state index is 12.7. The van der Waals surface area contributed by atoms with Gasteiger partial charge in [-0.2, -0.15) is 0 Å². The second-order valence-electron chi connectivity index (χ2n) is 6.96. The van der Waals surface area contributed by atoms with Crippen LogP contribution in [0.25, 0.3) is 10.2 Å². The number of carbonyl (C=O) groups is 1. The van der Waals surface area contributed by atoms with E-state index in [9.17, 15) is 25.2 Å². The highest BCUT2D eigenvalue weighted by Crippen LogP contribution is 2.33. The van der Waals surface area contributed by atoms with Gasteiger partial charge in [0.2, 0.25) is 0 Å². The van der Waals surface area contributed by atoms with Crippen molar-refractivity contribution < 1.29 is 30.0 Å². The van der Waals surface area contributed by atoms with E-state index < -0.39 is 43.0 Å². The van der Waals surface area contributed by atoms with Crippen LogP contribution in [0.4, 0.5) is 5.13 Å². The summed E-state index contributed by atoms with van der Waals surface area (Å²) in [6.45, 7) is -0.525. The van der Waals surface area contributed by atoms with Crippen molar-refractivity contribution in [1.29, 1.82) is 0 Å². The fraction of sp³-hybridized carbons (Fsp3) is 0.300. The minimum Gasteiger partial charge on any atom is -0.394 e. The average Bonchev–Trinajstić information content (AvgIpc) is 3.13. The minimum atomic E-state index is -1.49. The van der Waals surface area contributed by atoms with Crippen LogP contribution in [-0.2, 0) is 4.74 Å². The zero-order valence-electron chi connectivity index (χ0n) is 15.5. The molecule has 30 heavy (non-hydrogen) atoms. The summed E-state index contributed by atoms with van der Waals surface area (Å²) in [7, 11) is 0. The number of carbonyl (C=O) groups excluding carboxylic acids is 1. The van der Waals surface area contributed by atoms with Crippen LogP contribution in [-0.4, -0.2) is 62.3 Å². The minimum absolute atomic E-state index is 0.293. The van der Waals surface area contributed by atoms with Gasteiger partial charge in [0.25, 0.3) is 5.91 Å². The van der Waals surface area contributed by atoms with Gasteiger partial charge in [0.15, 0.2) is 5.13 Å².